The van der Waals surface area contributed by atoms with Crippen molar-refractivity contribution in [1.82, 2.24) is 0 Å². The monoisotopic (exact) mass is 587 g/mol. The van der Waals surface area contributed by atoms with Crippen molar-refractivity contribution in [2.75, 3.05) is 4.90 Å². The molecule has 4 atom stereocenters. The van der Waals surface area contributed by atoms with Gasteiger partial charge in [-0.2, -0.15) is 0 Å². The molecule has 5 aromatic carbocycles. The Morgan fingerprint density at radius 3 is 1.85 bits per heavy atom. The summed E-state index contributed by atoms with van der Waals surface area (Å²) in [5, 5.41) is 0. The Hall–Kier alpha value is -5.14. The fourth-order valence-electron chi connectivity index (χ4n) is 10.5. The van der Waals surface area contributed by atoms with Crippen molar-refractivity contribution >= 4 is 5.69 Å². The van der Waals surface area contributed by atoms with Crippen LogP contribution in [0.5, 0.6) is 0 Å². The maximum atomic E-state index is 2.63. The molecule has 4 unspecified atom stereocenters. The number of hydrogen-bond acceptors (Lipinski definition) is 1. The quantitative estimate of drug-likeness (QED) is 0.195. The van der Waals surface area contributed by atoms with Crippen molar-refractivity contribution in [3.63, 3.8) is 0 Å². The lowest BCUT2D eigenvalue weighted by Gasteiger charge is -2.35. The van der Waals surface area contributed by atoms with Gasteiger partial charge in [0, 0.05) is 17.3 Å². The molecule has 0 N–H and O–H groups in total. The van der Waals surface area contributed by atoms with E-state index in [1.807, 2.05) is 0 Å². The van der Waals surface area contributed by atoms with E-state index in [-0.39, 0.29) is 5.41 Å². The van der Waals surface area contributed by atoms with Crippen LogP contribution in [0, 0.1) is 11.8 Å². The molecule has 0 aromatic heterocycles. The largest absolute Gasteiger partial charge is 0.334 e. The van der Waals surface area contributed by atoms with E-state index in [0.717, 1.165) is 6.42 Å². The van der Waals surface area contributed by atoms with Crippen LogP contribution in [0.15, 0.2) is 169 Å². The summed E-state index contributed by atoms with van der Waals surface area (Å²) in [4.78, 5) is 2.63. The second kappa shape index (κ2) is 8.98. The zero-order valence-electron chi connectivity index (χ0n) is 25.6. The lowest BCUT2D eigenvalue weighted by molar-refractivity contribution is 0.503. The van der Waals surface area contributed by atoms with Gasteiger partial charge in [-0.15, -0.1) is 0 Å². The third-order valence-electron chi connectivity index (χ3n) is 12.0. The van der Waals surface area contributed by atoms with Crippen molar-refractivity contribution in [2.24, 2.45) is 11.8 Å². The second-order valence-corrected chi connectivity index (χ2v) is 13.9. The summed E-state index contributed by atoms with van der Waals surface area (Å²) in [7, 11) is 0. The zero-order chi connectivity index (χ0) is 30.0. The maximum Gasteiger partial charge on any atom is 0.0728 e. The molecule has 46 heavy (non-hydrogen) atoms. The van der Waals surface area contributed by atoms with Crippen LogP contribution in [0.3, 0.4) is 0 Å². The number of anilines is 1. The van der Waals surface area contributed by atoms with Gasteiger partial charge in [0.25, 0.3) is 0 Å². The molecule has 1 aliphatic heterocycles. The minimum absolute atomic E-state index is 0.306. The van der Waals surface area contributed by atoms with E-state index in [4.69, 9.17) is 0 Å². The van der Waals surface area contributed by atoms with Gasteiger partial charge in [0.1, 0.15) is 0 Å². The van der Waals surface area contributed by atoms with Gasteiger partial charge in [-0.25, -0.2) is 0 Å². The molecule has 11 rings (SSSR count). The first-order chi connectivity index (χ1) is 22.8. The molecule has 1 heterocycles. The Labute approximate surface area is 270 Å². The molecule has 0 radical (unpaired) electrons. The van der Waals surface area contributed by atoms with Crippen molar-refractivity contribution in [3.05, 3.63) is 196 Å². The molecule has 5 aliphatic carbocycles. The van der Waals surface area contributed by atoms with Gasteiger partial charge in [0.15, 0.2) is 0 Å². The number of nitrogens with zero attached hydrogens (tertiary/aromatic N) is 1. The van der Waals surface area contributed by atoms with Gasteiger partial charge < -0.3 is 4.90 Å². The van der Waals surface area contributed by atoms with Crippen LogP contribution in [-0.4, -0.2) is 6.04 Å². The predicted octanol–water partition coefficient (Wildman–Crippen LogP) is 10.3. The standard InChI is InChI=1S/C45H33N/c1-2-13-29(14-3-1)46-41-24-11-7-18-35(41)43-37-26-28(27-42(43)46)25-36(37)34-20-12-19-33-32-17-6-10-23-40(32)45(44(33)34)38-21-8-4-15-30(38)31-16-5-9-22-39(31)45/h1-24,27,35-37,41H,25-26H2. The topological polar surface area (TPSA) is 3.24 Å². The van der Waals surface area contributed by atoms with Crippen LogP contribution in [0.1, 0.15) is 46.6 Å². The number of fused-ring (bicyclic) bond motifs is 15. The summed E-state index contributed by atoms with van der Waals surface area (Å²) in [6.07, 6.45) is 14.3. The van der Waals surface area contributed by atoms with Gasteiger partial charge in [-0.05, 0) is 98.5 Å². The van der Waals surface area contributed by atoms with Crippen LogP contribution >= 0.6 is 0 Å². The average Bonchev–Trinajstić information content (AvgIpc) is 3.82. The van der Waals surface area contributed by atoms with Gasteiger partial charge in [0.05, 0.1) is 11.5 Å². The first-order valence-electron chi connectivity index (χ1n) is 16.9. The Morgan fingerprint density at radius 2 is 1.13 bits per heavy atom. The highest BCUT2D eigenvalue weighted by Crippen LogP contribution is 2.66. The van der Waals surface area contributed by atoms with E-state index in [2.05, 4.69) is 157 Å². The fraction of sp³-hybridized carbons (Fsp3) is 0.156. The molecular weight excluding hydrogens is 555 g/mol. The summed E-state index contributed by atoms with van der Waals surface area (Å²) in [6.45, 7) is 0. The summed E-state index contributed by atoms with van der Waals surface area (Å²) in [6, 6.07) is 46.3. The molecule has 6 aliphatic rings. The molecule has 1 saturated carbocycles. The van der Waals surface area contributed by atoms with Gasteiger partial charge in [-0.1, -0.05) is 139 Å². The first-order valence-corrected chi connectivity index (χ1v) is 16.9. The Bertz CT molecular complexity index is 2180. The van der Waals surface area contributed by atoms with Crippen LogP contribution in [-0.2, 0) is 5.41 Å². The Morgan fingerprint density at radius 1 is 0.543 bits per heavy atom. The van der Waals surface area contributed by atoms with Crippen LogP contribution < -0.4 is 4.90 Å². The molecule has 1 fully saturated rings. The average molecular weight is 588 g/mol. The molecule has 1 heteroatoms. The number of hydrogen-bond donors (Lipinski definition) is 0. The summed E-state index contributed by atoms with van der Waals surface area (Å²) >= 11 is 0. The SMILES string of the molecule is C1=CC2C3=C(C=C4CC3C(c3cccc5c3C3(c6ccccc6-c6ccccc63)c3ccccc3-5)C4)N(c3ccccc3)C2C=C1. The fourth-order valence-corrected chi connectivity index (χ4v) is 10.5. The molecule has 0 saturated heterocycles. The highest BCUT2D eigenvalue weighted by atomic mass is 15.2. The van der Waals surface area contributed by atoms with Crippen molar-refractivity contribution in [3.8, 4) is 22.3 Å². The zero-order valence-corrected chi connectivity index (χ0v) is 25.6. The number of benzene rings is 5. The summed E-state index contributed by atoms with van der Waals surface area (Å²) < 4.78 is 0. The lowest BCUT2D eigenvalue weighted by Crippen LogP contribution is -2.32. The highest BCUT2D eigenvalue weighted by molar-refractivity contribution is 5.95. The Kier molecular flexibility index (Phi) is 4.90. The minimum Gasteiger partial charge on any atom is -0.334 e. The first kappa shape index (κ1) is 25.1. The summed E-state index contributed by atoms with van der Waals surface area (Å²) in [5.74, 6) is 1.33. The molecule has 5 aromatic rings. The van der Waals surface area contributed by atoms with Gasteiger partial charge in [-0.3, -0.25) is 0 Å². The van der Waals surface area contributed by atoms with E-state index in [9.17, 15) is 0 Å². The second-order valence-electron chi connectivity index (χ2n) is 13.9. The van der Waals surface area contributed by atoms with Gasteiger partial charge >= 0.3 is 0 Å². The smallest absolute Gasteiger partial charge is 0.0728 e. The molecular formula is C45H33N. The van der Waals surface area contributed by atoms with Gasteiger partial charge in [0.2, 0.25) is 0 Å². The van der Waals surface area contributed by atoms with Crippen molar-refractivity contribution in [2.45, 2.75) is 30.2 Å². The van der Waals surface area contributed by atoms with Crippen molar-refractivity contribution < 1.29 is 0 Å². The maximum absolute atomic E-state index is 2.63. The van der Waals surface area contributed by atoms with E-state index < -0.39 is 0 Å². The Balaban J connectivity index is 1.16. The van der Waals surface area contributed by atoms with Crippen LogP contribution in [0.2, 0.25) is 0 Å². The number of para-hydroxylation sites is 1. The van der Waals surface area contributed by atoms with E-state index in [1.54, 1.807) is 16.7 Å². The van der Waals surface area contributed by atoms with Crippen LogP contribution in [0.4, 0.5) is 5.69 Å². The molecule has 1 spiro atoms. The van der Waals surface area contributed by atoms with E-state index >= 15 is 0 Å². The third-order valence-corrected chi connectivity index (χ3v) is 12.0. The van der Waals surface area contributed by atoms with E-state index in [0.29, 0.717) is 23.8 Å². The molecule has 1 nitrogen and oxygen atoms in total. The third kappa shape index (κ3) is 2.97. The lowest BCUT2D eigenvalue weighted by atomic mass is 9.66. The number of allylic oxidation sites excluding steroid dienone is 4. The molecule has 0 amide bonds. The number of rotatable bonds is 2. The predicted molar refractivity (Wildman–Crippen MR) is 188 cm³/mol. The normalized spacial score (nSPS) is 24.8. The summed E-state index contributed by atoms with van der Waals surface area (Å²) in [5.41, 5.74) is 18.7. The molecule has 218 valence electrons. The van der Waals surface area contributed by atoms with E-state index in [1.165, 1.54) is 62.3 Å². The van der Waals surface area contributed by atoms with Crippen molar-refractivity contribution in [1.29, 1.82) is 0 Å². The highest BCUT2D eigenvalue weighted by Gasteiger charge is 2.55. The van der Waals surface area contributed by atoms with Crippen LogP contribution in [0.25, 0.3) is 22.3 Å². The minimum atomic E-state index is -0.306. The molecule has 2 bridgehead atoms.